The van der Waals surface area contributed by atoms with Crippen LogP contribution in [0.1, 0.15) is 6.42 Å². The average molecular weight is 423 g/mol. The van der Waals surface area contributed by atoms with Gasteiger partial charge in [0.25, 0.3) is 0 Å². The first-order valence-electron chi connectivity index (χ1n) is 8.62. The van der Waals surface area contributed by atoms with Crippen LogP contribution in [-0.4, -0.2) is 47.2 Å². The number of fused-ring (bicyclic) bond motifs is 3. The highest BCUT2D eigenvalue weighted by molar-refractivity contribution is 7.22. The summed E-state index contributed by atoms with van der Waals surface area (Å²) in [5, 5.41) is 6.76. The third kappa shape index (κ3) is 2.90. The number of thiazole rings is 2. The second-order valence-electron chi connectivity index (χ2n) is 6.81. The quantitative estimate of drug-likeness (QED) is 0.655. The number of anilines is 1. The third-order valence-corrected chi connectivity index (χ3v) is 6.81. The molecular formula is C17H15F2N5O2S2. The molecule has 3 aromatic rings. The molecule has 3 aliphatic rings. The number of nitrogens with zero attached hydrogens (tertiary/aromatic N) is 3. The number of ether oxygens (including phenoxy) is 1. The zero-order valence-corrected chi connectivity index (χ0v) is 16.0. The van der Waals surface area contributed by atoms with Crippen molar-refractivity contribution in [3.8, 4) is 16.3 Å². The van der Waals surface area contributed by atoms with Crippen molar-refractivity contribution in [2.75, 3.05) is 18.0 Å². The van der Waals surface area contributed by atoms with E-state index in [1.807, 2.05) is 5.38 Å². The van der Waals surface area contributed by atoms with Crippen molar-refractivity contribution < 1.29 is 18.3 Å². The number of piperidine rings is 1. The first-order valence-corrected chi connectivity index (χ1v) is 10.3. The number of aromatic nitrogens is 2. The predicted octanol–water partition coefficient (Wildman–Crippen LogP) is 2.43. The van der Waals surface area contributed by atoms with Gasteiger partial charge >= 0.3 is 12.0 Å². The molecule has 0 spiro atoms. The lowest BCUT2D eigenvalue weighted by Crippen LogP contribution is -2.67. The van der Waals surface area contributed by atoms with Gasteiger partial charge in [0.2, 0.25) is 0 Å². The molecule has 2 atom stereocenters. The number of carbonyl (C=O) groups excluding carboxylic acids is 1. The number of benzene rings is 1. The van der Waals surface area contributed by atoms with Gasteiger partial charge in [-0.15, -0.1) is 11.3 Å². The molecule has 0 aliphatic carbocycles. The Morgan fingerprint density at radius 3 is 2.75 bits per heavy atom. The van der Waals surface area contributed by atoms with Gasteiger partial charge in [-0.3, -0.25) is 4.79 Å². The molecule has 5 heterocycles. The molecule has 0 saturated carbocycles. The van der Waals surface area contributed by atoms with Crippen LogP contribution in [0.5, 0.6) is 5.75 Å². The Morgan fingerprint density at radius 2 is 2.11 bits per heavy atom. The van der Waals surface area contributed by atoms with E-state index in [0.29, 0.717) is 22.3 Å². The maximum atomic E-state index is 13.8. The van der Waals surface area contributed by atoms with Crippen molar-refractivity contribution in [3.63, 3.8) is 0 Å². The highest BCUT2D eigenvalue weighted by Crippen LogP contribution is 2.43. The van der Waals surface area contributed by atoms with Crippen LogP contribution in [0.25, 0.3) is 20.8 Å². The van der Waals surface area contributed by atoms with E-state index in [0.717, 1.165) is 35.2 Å². The van der Waals surface area contributed by atoms with E-state index in [-0.39, 0.29) is 5.75 Å². The van der Waals surface area contributed by atoms with E-state index in [9.17, 15) is 13.6 Å². The van der Waals surface area contributed by atoms with E-state index < -0.39 is 12.0 Å². The molecule has 3 fully saturated rings. The molecule has 2 unspecified atom stereocenters. The summed E-state index contributed by atoms with van der Waals surface area (Å²) in [6.07, 6.45) is -1.28. The number of hydrogen-bond acceptors (Lipinski definition) is 8. The predicted molar refractivity (Wildman–Crippen MR) is 103 cm³/mol. The summed E-state index contributed by atoms with van der Waals surface area (Å²) in [5.74, 6) is -1.96. The van der Waals surface area contributed by atoms with Crippen molar-refractivity contribution in [2.24, 2.45) is 5.73 Å². The standard InChI is InChI=1S/C17H15F2N5O2S2/c18-17(19,15(20)25)26-11-2-1-10(14-21-3-4-27-14)12-13(11)28-16(23-12)24-6-8-5-9(7-24)22-8/h1-4,8-9,22H,5-7H2,(H2,20,25). The number of primary amides is 1. The summed E-state index contributed by atoms with van der Waals surface area (Å²) in [5.41, 5.74) is 6.03. The van der Waals surface area contributed by atoms with Crippen LogP contribution in [0, 0.1) is 0 Å². The van der Waals surface area contributed by atoms with Crippen LogP contribution in [0.2, 0.25) is 0 Å². The van der Waals surface area contributed by atoms with Crippen molar-refractivity contribution in [2.45, 2.75) is 24.6 Å². The highest BCUT2D eigenvalue weighted by Gasteiger charge is 2.41. The highest BCUT2D eigenvalue weighted by atomic mass is 32.1. The number of amides is 1. The topological polar surface area (TPSA) is 93.4 Å². The van der Waals surface area contributed by atoms with Crippen LogP contribution in [-0.2, 0) is 4.79 Å². The van der Waals surface area contributed by atoms with Gasteiger partial charge in [0, 0.05) is 42.3 Å². The summed E-state index contributed by atoms with van der Waals surface area (Å²) in [6.45, 7) is 1.63. The minimum atomic E-state index is -4.10. The largest absolute Gasteiger partial charge is 0.482 e. The monoisotopic (exact) mass is 423 g/mol. The number of rotatable bonds is 5. The van der Waals surface area contributed by atoms with Crippen molar-refractivity contribution in [1.29, 1.82) is 0 Å². The number of nitrogens with one attached hydrogen (secondary N) is 1. The second kappa shape index (κ2) is 6.33. The molecular weight excluding hydrogens is 408 g/mol. The Labute approximate surface area is 166 Å². The summed E-state index contributed by atoms with van der Waals surface area (Å²) in [7, 11) is 0. The maximum absolute atomic E-state index is 13.8. The Kier molecular flexibility index (Phi) is 4.00. The molecule has 7 nitrogen and oxygen atoms in total. The first kappa shape index (κ1) is 17.7. The maximum Gasteiger partial charge on any atom is 0.482 e. The van der Waals surface area contributed by atoms with Crippen LogP contribution in [0.4, 0.5) is 13.9 Å². The molecule has 28 heavy (non-hydrogen) atoms. The molecule has 1 amide bonds. The molecule has 3 aliphatic heterocycles. The lowest BCUT2D eigenvalue weighted by Gasteiger charge is -2.48. The fraction of sp³-hybridized carbons (Fsp3) is 0.353. The van der Waals surface area contributed by atoms with E-state index in [2.05, 4.69) is 15.2 Å². The summed E-state index contributed by atoms with van der Waals surface area (Å²) >= 11 is 2.70. The molecule has 2 bridgehead atoms. The minimum Gasteiger partial charge on any atom is -0.424 e. The molecule has 0 radical (unpaired) electrons. The Bertz CT molecular complexity index is 1040. The molecule has 146 valence electrons. The number of piperazine rings is 1. The van der Waals surface area contributed by atoms with Gasteiger partial charge in [-0.25, -0.2) is 9.97 Å². The van der Waals surface area contributed by atoms with Crippen LogP contribution in [0.15, 0.2) is 23.7 Å². The van der Waals surface area contributed by atoms with Gasteiger partial charge in [0.1, 0.15) is 10.8 Å². The number of nitrogens with two attached hydrogens (primary N) is 1. The molecule has 1 aromatic carbocycles. The van der Waals surface area contributed by atoms with Crippen LogP contribution < -0.4 is 20.7 Å². The zero-order chi connectivity index (χ0) is 19.5. The Morgan fingerprint density at radius 1 is 1.36 bits per heavy atom. The number of halogens is 2. The number of alkyl halides is 2. The lowest BCUT2D eigenvalue weighted by atomic mass is 9.92. The number of hydrogen-bond donors (Lipinski definition) is 2. The van der Waals surface area contributed by atoms with E-state index in [1.54, 1.807) is 12.3 Å². The third-order valence-electron chi connectivity index (χ3n) is 4.88. The fourth-order valence-electron chi connectivity index (χ4n) is 3.57. The van der Waals surface area contributed by atoms with Crippen LogP contribution in [0.3, 0.4) is 0 Å². The normalized spacial score (nSPS) is 21.6. The summed E-state index contributed by atoms with van der Waals surface area (Å²) in [4.78, 5) is 22.2. The lowest BCUT2D eigenvalue weighted by molar-refractivity contribution is -0.188. The van der Waals surface area contributed by atoms with E-state index in [4.69, 9.17) is 15.5 Å². The summed E-state index contributed by atoms with van der Waals surface area (Å²) in [6, 6.07) is 3.90. The SMILES string of the molecule is NC(=O)C(F)(F)Oc1ccc(-c2nccs2)c2nc(N3CC4CC(C3)N4)sc12. The van der Waals surface area contributed by atoms with Crippen LogP contribution >= 0.6 is 22.7 Å². The summed E-state index contributed by atoms with van der Waals surface area (Å²) < 4.78 is 32.8. The van der Waals surface area contributed by atoms with E-state index >= 15 is 0 Å². The van der Waals surface area contributed by atoms with Gasteiger partial charge < -0.3 is 20.7 Å². The van der Waals surface area contributed by atoms with Crippen molar-refractivity contribution >= 4 is 43.9 Å². The van der Waals surface area contributed by atoms with Gasteiger partial charge in [0.15, 0.2) is 5.13 Å². The molecule has 2 aromatic heterocycles. The molecule has 3 saturated heterocycles. The Balaban J connectivity index is 1.61. The smallest absolute Gasteiger partial charge is 0.424 e. The Hall–Kier alpha value is -2.37. The van der Waals surface area contributed by atoms with Crippen molar-refractivity contribution in [1.82, 2.24) is 15.3 Å². The second-order valence-corrected chi connectivity index (χ2v) is 8.68. The zero-order valence-electron chi connectivity index (χ0n) is 14.4. The molecule has 6 rings (SSSR count). The first-order chi connectivity index (χ1) is 13.4. The van der Waals surface area contributed by atoms with E-state index in [1.165, 1.54) is 28.7 Å². The fourth-order valence-corrected chi connectivity index (χ4v) is 5.30. The van der Waals surface area contributed by atoms with Gasteiger partial charge in [0.05, 0.1) is 10.2 Å². The van der Waals surface area contributed by atoms with Gasteiger partial charge in [-0.05, 0) is 18.6 Å². The minimum absolute atomic E-state index is 0.122. The van der Waals surface area contributed by atoms with Gasteiger partial charge in [-0.2, -0.15) is 8.78 Å². The number of carbonyl (C=O) groups is 1. The average Bonchev–Trinajstić information content (AvgIpc) is 3.31. The molecule has 3 N–H and O–H groups in total. The molecule has 11 heteroatoms. The van der Waals surface area contributed by atoms with Gasteiger partial charge in [-0.1, -0.05) is 11.3 Å². The van der Waals surface area contributed by atoms with Crippen molar-refractivity contribution in [3.05, 3.63) is 23.7 Å².